The van der Waals surface area contributed by atoms with Gasteiger partial charge in [-0.2, -0.15) is 9.61 Å². The Labute approximate surface area is 169 Å². The molecule has 138 valence electrons. The van der Waals surface area contributed by atoms with E-state index in [4.69, 9.17) is 21.4 Å². The van der Waals surface area contributed by atoms with Crippen LogP contribution in [0.5, 0.6) is 5.75 Å². The summed E-state index contributed by atoms with van der Waals surface area (Å²) in [6.45, 7) is 2.04. The molecule has 8 heteroatoms. The van der Waals surface area contributed by atoms with Crippen LogP contribution in [0, 0.1) is 6.92 Å². The summed E-state index contributed by atoms with van der Waals surface area (Å²) in [7, 11) is 1.63. The maximum Gasteiger partial charge on any atom is 0.235 e. The molecule has 0 atom stereocenters. The molecule has 0 spiro atoms. The van der Waals surface area contributed by atoms with E-state index in [9.17, 15) is 0 Å². The fraction of sp³-hybridized carbons (Fsp3) is 0.100. The fourth-order valence-electron chi connectivity index (χ4n) is 3.11. The summed E-state index contributed by atoms with van der Waals surface area (Å²) in [5.74, 6) is 1.43. The minimum Gasteiger partial charge on any atom is -0.497 e. The number of ether oxygens (including phenoxy) is 1. The van der Waals surface area contributed by atoms with E-state index in [0.29, 0.717) is 15.8 Å². The third kappa shape index (κ3) is 2.71. The fourth-order valence-corrected chi connectivity index (χ4v) is 4.31. The Morgan fingerprint density at radius 3 is 2.82 bits per heavy atom. The average Bonchev–Trinajstić information content (AvgIpc) is 3.29. The van der Waals surface area contributed by atoms with E-state index in [-0.39, 0.29) is 0 Å². The van der Waals surface area contributed by atoms with Crippen LogP contribution in [0.4, 0.5) is 0 Å². The second-order valence-electron chi connectivity index (χ2n) is 6.36. The van der Waals surface area contributed by atoms with Crippen LogP contribution in [0.15, 0.2) is 48.7 Å². The molecule has 0 aliphatic rings. The maximum atomic E-state index is 6.70. The van der Waals surface area contributed by atoms with Crippen molar-refractivity contribution in [3.8, 4) is 27.7 Å². The highest BCUT2D eigenvalue weighted by atomic mass is 35.5. The van der Waals surface area contributed by atoms with E-state index in [2.05, 4.69) is 21.2 Å². The molecular formula is C20H14ClN5OS. The third-order valence-electron chi connectivity index (χ3n) is 4.51. The Balaban J connectivity index is 1.67. The summed E-state index contributed by atoms with van der Waals surface area (Å²) in [5, 5.41) is 15.4. The smallest absolute Gasteiger partial charge is 0.235 e. The molecule has 2 aromatic carbocycles. The minimum absolute atomic E-state index is 0.589. The van der Waals surface area contributed by atoms with Gasteiger partial charge in [0, 0.05) is 17.1 Å². The van der Waals surface area contributed by atoms with Gasteiger partial charge >= 0.3 is 0 Å². The van der Waals surface area contributed by atoms with Crippen LogP contribution in [0.25, 0.3) is 37.8 Å². The number of hydrogen-bond acceptors (Lipinski definition) is 6. The molecule has 5 rings (SSSR count). The van der Waals surface area contributed by atoms with Gasteiger partial charge in [0.05, 0.1) is 23.2 Å². The largest absolute Gasteiger partial charge is 0.497 e. The van der Waals surface area contributed by atoms with Crippen molar-refractivity contribution >= 4 is 38.8 Å². The molecular weight excluding hydrogens is 394 g/mol. The first-order valence-electron chi connectivity index (χ1n) is 8.56. The lowest BCUT2D eigenvalue weighted by Gasteiger charge is -2.06. The monoisotopic (exact) mass is 407 g/mol. The number of methoxy groups -OCH3 is 1. The van der Waals surface area contributed by atoms with Crippen molar-refractivity contribution in [2.75, 3.05) is 7.11 Å². The maximum absolute atomic E-state index is 6.70. The number of rotatable bonds is 3. The molecule has 0 saturated heterocycles. The van der Waals surface area contributed by atoms with E-state index in [0.717, 1.165) is 38.4 Å². The Morgan fingerprint density at radius 2 is 2.00 bits per heavy atom. The van der Waals surface area contributed by atoms with Gasteiger partial charge in [0.2, 0.25) is 4.96 Å². The van der Waals surface area contributed by atoms with Gasteiger partial charge in [0.25, 0.3) is 0 Å². The van der Waals surface area contributed by atoms with Gasteiger partial charge in [-0.25, -0.2) is 0 Å². The quantitative estimate of drug-likeness (QED) is 0.419. The minimum atomic E-state index is 0.589. The first-order chi connectivity index (χ1) is 13.6. The molecule has 5 aromatic rings. The number of pyridine rings is 1. The molecule has 0 saturated carbocycles. The summed E-state index contributed by atoms with van der Waals surface area (Å²) in [6.07, 6.45) is 1.75. The predicted molar refractivity (Wildman–Crippen MR) is 111 cm³/mol. The summed E-state index contributed by atoms with van der Waals surface area (Å²) < 4.78 is 7.06. The van der Waals surface area contributed by atoms with Crippen LogP contribution in [-0.4, -0.2) is 31.9 Å². The molecule has 28 heavy (non-hydrogen) atoms. The molecule has 0 radical (unpaired) electrons. The molecule has 0 bridgehead atoms. The molecule has 0 aliphatic heterocycles. The summed E-state index contributed by atoms with van der Waals surface area (Å²) in [4.78, 5) is 5.22. The van der Waals surface area contributed by atoms with Gasteiger partial charge in [-0.05, 0) is 31.2 Å². The number of benzene rings is 2. The zero-order valence-electron chi connectivity index (χ0n) is 15.0. The topological polar surface area (TPSA) is 65.2 Å². The Hall–Kier alpha value is -3.03. The molecule has 3 aromatic heterocycles. The molecule has 0 N–H and O–H groups in total. The third-order valence-corrected chi connectivity index (χ3v) is 5.85. The van der Waals surface area contributed by atoms with Gasteiger partial charge in [0.15, 0.2) is 10.8 Å². The van der Waals surface area contributed by atoms with Crippen molar-refractivity contribution in [2.24, 2.45) is 0 Å². The van der Waals surface area contributed by atoms with Crippen LogP contribution in [-0.2, 0) is 0 Å². The van der Waals surface area contributed by atoms with Gasteiger partial charge < -0.3 is 4.74 Å². The Morgan fingerprint density at radius 1 is 1.11 bits per heavy atom. The first-order valence-corrected chi connectivity index (χ1v) is 9.75. The zero-order chi connectivity index (χ0) is 19.3. The number of aromatic nitrogens is 5. The number of nitrogens with zero attached hydrogens (tertiary/aromatic N) is 5. The van der Waals surface area contributed by atoms with Crippen molar-refractivity contribution < 1.29 is 4.74 Å². The standard InChI is InChI=1S/C20H14ClN5OS/c1-11-4-3-5-12(8-11)18-23-24-20-26(18)25-19(28-20)15-10-22-16-7-6-13(27-2)9-14(16)17(15)21/h3-10H,1-2H3. The van der Waals surface area contributed by atoms with E-state index in [1.807, 2.05) is 43.3 Å². The van der Waals surface area contributed by atoms with Gasteiger partial charge in [-0.1, -0.05) is 46.7 Å². The zero-order valence-corrected chi connectivity index (χ0v) is 16.6. The molecule has 0 fully saturated rings. The van der Waals surface area contributed by atoms with Crippen LogP contribution < -0.4 is 4.74 Å². The Bertz CT molecular complexity index is 1340. The molecule has 0 amide bonds. The Kier molecular flexibility index (Phi) is 3.99. The van der Waals surface area contributed by atoms with Gasteiger partial charge in [-0.15, -0.1) is 10.2 Å². The summed E-state index contributed by atoms with van der Waals surface area (Å²) in [6, 6.07) is 13.7. The van der Waals surface area contributed by atoms with Crippen molar-refractivity contribution in [1.29, 1.82) is 0 Å². The van der Waals surface area contributed by atoms with Crippen molar-refractivity contribution in [2.45, 2.75) is 6.92 Å². The lowest BCUT2D eigenvalue weighted by Crippen LogP contribution is -1.92. The lowest BCUT2D eigenvalue weighted by atomic mass is 10.1. The highest BCUT2D eigenvalue weighted by molar-refractivity contribution is 7.19. The predicted octanol–water partition coefficient (Wildman–Crippen LogP) is 5.04. The van der Waals surface area contributed by atoms with Crippen LogP contribution in [0.1, 0.15) is 5.56 Å². The number of aryl methyl sites for hydroxylation is 1. The summed E-state index contributed by atoms with van der Waals surface area (Å²) >= 11 is 8.13. The van der Waals surface area contributed by atoms with E-state index < -0.39 is 0 Å². The number of halogens is 1. The van der Waals surface area contributed by atoms with Crippen LogP contribution >= 0.6 is 22.9 Å². The molecule has 0 unspecified atom stereocenters. The van der Waals surface area contributed by atoms with Gasteiger partial charge in [0.1, 0.15) is 5.75 Å². The highest BCUT2D eigenvalue weighted by Gasteiger charge is 2.18. The molecule has 0 aliphatic carbocycles. The first kappa shape index (κ1) is 17.1. The second kappa shape index (κ2) is 6.54. The van der Waals surface area contributed by atoms with E-state index >= 15 is 0 Å². The van der Waals surface area contributed by atoms with Crippen molar-refractivity contribution in [3.05, 3.63) is 59.2 Å². The van der Waals surface area contributed by atoms with Crippen molar-refractivity contribution in [3.63, 3.8) is 0 Å². The van der Waals surface area contributed by atoms with Crippen LogP contribution in [0.3, 0.4) is 0 Å². The van der Waals surface area contributed by atoms with Crippen LogP contribution in [0.2, 0.25) is 5.02 Å². The SMILES string of the molecule is COc1ccc2ncc(-c3nn4c(-c5cccc(C)c5)nnc4s3)c(Cl)c2c1. The molecule has 6 nitrogen and oxygen atoms in total. The number of fused-ring (bicyclic) bond motifs is 2. The van der Waals surface area contributed by atoms with E-state index in [1.54, 1.807) is 17.8 Å². The van der Waals surface area contributed by atoms with Crippen molar-refractivity contribution in [1.82, 2.24) is 24.8 Å². The normalized spacial score (nSPS) is 11.4. The average molecular weight is 408 g/mol. The lowest BCUT2D eigenvalue weighted by molar-refractivity contribution is 0.415. The molecule has 3 heterocycles. The number of hydrogen-bond donors (Lipinski definition) is 0. The highest BCUT2D eigenvalue weighted by Crippen LogP contribution is 2.37. The second-order valence-corrected chi connectivity index (χ2v) is 7.70. The summed E-state index contributed by atoms with van der Waals surface area (Å²) in [5.41, 5.74) is 3.68. The van der Waals surface area contributed by atoms with Gasteiger partial charge in [-0.3, -0.25) is 4.98 Å². The van der Waals surface area contributed by atoms with E-state index in [1.165, 1.54) is 11.3 Å².